The summed E-state index contributed by atoms with van der Waals surface area (Å²) in [5, 5.41) is 13.3. The van der Waals surface area contributed by atoms with E-state index < -0.39 is 0 Å². The van der Waals surface area contributed by atoms with Crippen molar-refractivity contribution in [1.82, 2.24) is 4.98 Å². The van der Waals surface area contributed by atoms with E-state index in [-0.39, 0.29) is 11.1 Å². The summed E-state index contributed by atoms with van der Waals surface area (Å²) in [6.07, 6.45) is 0. The fraction of sp³-hybridized carbons (Fsp3) is 0.0588. The number of halogens is 1. The van der Waals surface area contributed by atoms with Crippen LogP contribution in [0.2, 0.25) is 5.02 Å². The molecule has 0 spiro atoms. The van der Waals surface area contributed by atoms with Crippen molar-refractivity contribution in [3.63, 3.8) is 0 Å². The van der Waals surface area contributed by atoms with Gasteiger partial charge in [-0.15, -0.1) is 0 Å². The molecule has 0 unspecified atom stereocenters. The molecule has 1 heterocycles. The third kappa shape index (κ3) is 2.27. The van der Waals surface area contributed by atoms with Crippen molar-refractivity contribution in [3.8, 4) is 11.3 Å². The number of aromatic nitrogens is 1. The number of H-pyrrole nitrogens is 1. The number of aromatic amines is 1. The number of nitrogens with one attached hydrogen (secondary N) is 1. The number of pyridine rings is 1. The van der Waals surface area contributed by atoms with Crippen LogP contribution in [0.25, 0.3) is 22.2 Å². The van der Waals surface area contributed by atoms with E-state index in [4.69, 9.17) is 16.8 Å². The molecule has 5 heteroatoms. The Morgan fingerprint density at radius 1 is 1.14 bits per heavy atom. The maximum atomic E-state index is 12.8. The molecule has 0 amide bonds. The maximum absolute atomic E-state index is 12.8. The number of oxime groups is 1. The zero-order valence-corrected chi connectivity index (χ0v) is 12.6. The quantitative estimate of drug-likeness (QED) is 0.426. The van der Waals surface area contributed by atoms with Crippen molar-refractivity contribution in [2.45, 2.75) is 6.92 Å². The highest BCUT2D eigenvalue weighted by molar-refractivity contribution is 6.35. The minimum atomic E-state index is -0.217. The van der Waals surface area contributed by atoms with E-state index in [0.29, 0.717) is 27.2 Å². The fourth-order valence-corrected chi connectivity index (χ4v) is 2.71. The smallest absolute Gasteiger partial charge is 0.199 e. The number of para-hydroxylation sites is 1. The van der Waals surface area contributed by atoms with E-state index in [2.05, 4.69) is 10.1 Å². The highest BCUT2D eigenvalue weighted by Crippen LogP contribution is 2.26. The summed E-state index contributed by atoms with van der Waals surface area (Å²) >= 11 is 6.20. The molecule has 0 saturated carbocycles. The minimum Gasteiger partial charge on any atom is -0.411 e. The summed E-state index contributed by atoms with van der Waals surface area (Å²) in [7, 11) is 0. The van der Waals surface area contributed by atoms with E-state index in [9.17, 15) is 4.79 Å². The Bertz CT molecular complexity index is 931. The lowest BCUT2D eigenvalue weighted by Crippen LogP contribution is -2.17. The van der Waals surface area contributed by atoms with Gasteiger partial charge >= 0.3 is 0 Å². The lowest BCUT2D eigenvalue weighted by molar-refractivity contribution is 0.319. The molecule has 1 aromatic heterocycles. The van der Waals surface area contributed by atoms with Crippen LogP contribution in [0.5, 0.6) is 0 Å². The van der Waals surface area contributed by atoms with Gasteiger partial charge in [0.15, 0.2) is 5.43 Å². The van der Waals surface area contributed by atoms with Gasteiger partial charge in [0.2, 0.25) is 0 Å². The van der Waals surface area contributed by atoms with E-state index in [1.54, 1.807) is 25.1 Å². The molecule has 22 heavy (non-hydrogen) atoms. The van der Waals surface area contributed by atoms with Gasteiger partial charge in [-0.3, -0.25) is 4.79 Å². The Morgan fingerprint density at radius 3 is 2.55 bits per heavy atom. The van der Waals surface area contributed by atoms with Crippen molar-refractivity contribution in [1.29, 1.82) is 0 Å². The lowest BCUT2D eigenvalue weighted by atomic mass is 10.00. The Balaban J connectivity index is 2.49. The fourth-order valence-electron chi connectivity index (χ4n) is 2.49. The van der Waals surface area contributed by atoms with Gasteiger partial charge in [-0.1, -0.05) is 53.2 Å². The first-order chi connectivity index (χ1) is 10.6. The SMILES string of the molecule is C/C(=N\O)c1c(-c2ccccc2)[nH]c2c(Cl)cccc2c1=O. The van der Waals surface area contributed by atoms with Crippen molar-refractivity contribution in [2.24, 2.45) is 5.16 Å². The zero-order valence-electron chi connectivity index (χ0n) is 11.8. The van der Waals surface area contributed by atoms with Gasteiger partial charge in [0.25, 0.3) is 0 Å². The Labute approximate surface area is 131 Å². The first-order valence-electron chi connectivity index (χ1n) is 6.72. The Morgan fingerprint density at radius 2 is 1.86 bits per heavy atom. The number of hydrogen-bond acceptors (Lipinski definition) is 3. The molecule has 0 aliphatic carbocycles. The van der Waals surface area contributed by atoms with Crippen molar-refractivity contribution < 1.29 is 5.21 Å². The molecule has 110 valence electrons. The molecule has 2 aromatic carbocycles. The summed E-state index contributed by atoms with van der Waals surface area (Å²) in [6.45, 7) is 1.59. The van der Waals surface area contributed by atoms with E-state index >= 15 is 0 Å². The molecular formula is C17H13ClN2O2. The number of hydrogen-bond donors (Lipinski definition) is 2. The lowest BCUT2D eigenvalue weighted by Gasteiger charge is -2.11. The average Bonchev–Trinajstić information content (AvgIpc) is 2.55. The summed E-state index contributed by atoms with van der Waals surface area (Å²) in [5.74, 6) is 0. The first kappa shape index (κ1) is 14.4. The molecule has 0 aliphatic heterocycles. The Hall–Kier alpha value is -2.59. The highest BCUT2D eigenvalue weighted by atomic mass is 35.5. The molecule has 0 aliphatic rings. The van der Waals surface area contributed by atoms with Crippen LogP contribution < -0.4 is 5.43 Å². The standard InChI is InChI=1S/C17H13ClN2O2/c1-10(20-22)14-15(11-6-3-2-4-7-11)19-16-12(17(14)21)8-5-9-13(16)18/h2-9,22H,1H3,(H,19,21)/b20-10+. The summed E-state index contributed by atoms with van der Waals surface area (Å²) in [4.78, 5) is 16.0. The monoisotopic (exact) mass is 312 g/mol. The van der Waals surface area contributed by atoms with E-state index in [1.165, 1.54) is 0 Å². The van der Waals surface area contributed by atoms with Gasteiger partial charge in [0.1, 0.15) is 0 Å². The second-order valence-electron chi connectivity index (χ2n) is 4.92. The van der Waals surface area contributed by atoms with Crippen molar-refractivity contribution >= 4 is 28.2 Å². The number of fused-ring (bicyclic) bond motifs is 1. The van der Waals surface area contributed by atoms with Crippen LogP contribution in [0.1, 0.15) is 12.5 Å². The predicted molar refractivity (Wildman–Crippen MR) is 89.0 cm³/mol. The minimum absolute atomic E-state index is 0.217. The highest BCUT2D eigenvalue weighted by Gasteiger charge is 2.17. The first-order valence-corrected chi connectivity index (χ1v) is 7.10. The molecule has 0 saturated heterocycles. The number of nitrogens with zero attached hydrogens (tertiary/aromatic N) is 1. The predicted octanol–water partition coefficient (Wildman–Crippen LogP) is 4.05. The van der Waals surface area contributed by atoms with Crippen LogP contribution in [-0.2, 0) is 0 Å². The number of rotatable bonds is 2. The molecule has 0 bridgehead atoms. The second kappa shape index (κ2) is 5.66. The number of benzene rings is 2. The molecule has 2 N–H and O–H groups in total. The van der Waals surface area contributed by atoms with Gasteiger partial charge in [-0.05, 0) is 24.6 Å². The summed E-state index contributed by atoms with van der Waals surface area (Å²) in [6, 6.07) is 14.5. The second-order valence-corrected chi connectivity index (χ2v) is 5.33. The zero-order chi connectivity index (χ0) is 15.7. The van der Waals surface area contributed by atoms with E-state index in [0.717, 1.165) is 5.56 Å². The molecule has 0 radical (unpaired) electrons. The molecule has 0 atom stereocenters. The molecular weight excluding hydrogens is 300 g/mol. The van der Waals surface area contributed by atoms with Gasteiger partial charge in [0.05, 0.1) is 27.5 Å². The third-order valence-corrected chi connectivity index (χ3v) is 3.87. The van der Waals surface area contributed by atoms with Gasteiger partial charge < -0.3 is 10.2 Å². The molecule has 3 aromatic rings. The third-order valence-electron chi connectivity index (χ3n) is 3.56. The maximum Gasteiger partial charge on any atom is 0.199 e. The van der Waals surface area contributed by atoms with Crippen LogP contribution >= 0.6 is 11.6 Å². The largest absolute Gasteiger partial charge is 0.411 e. The van der Waals surface area contributed by atoms with Crippen LogP contribution in [0.15, 0.2) is 58.5 Å². The molecule has 3 rings (SSSR count). The van der Waals surface area contributed by atoms with E-state index in [1.807, 2.05) is 30.3 Å². The van der Waals surface area contributed by atoms with Gasteiger partial charge in [-0.25, -0.2) is 0 Å². The van der Waals surface area contributed by atoms with Gasteiger partial charge in [0, 0.05) is 5.39 Å². The van der Waals surface area contributed by atoms with Crippen LogP contribution in [-0.4, -0.2) is 15.9 Å². The Kier molecular flexibility index (Phi) is 3.69. The van der Waals surface area contributed by atoms with Crippen molar-refractivity contribution in [2.75, 3.05) is 0 Å². The summed E-state index contributed by atoms with van der Waals surface area (Å²) in [5.41, 5.74) is 2.35. The molecule has 4 nitrogen and oxygen atoms in total. The van der Waals surface area contributed by atoms with Gasteiger partial charge in [-0.2, -0.15) is 0 Å². The van der Waals surface area contributed by atoms with Crippen LogP contribution in [0.4, 0.5) is 0 Å². The summed E-state index contributed by atoms with van der Waals surface area (Å²) < 4.78 is 0. The molecule has 0 fully saturated rings. The topological polar surface area (TPSA) is 65.5 Å². The average molecular weight is 313 g/mol. The van der Waals surface area contributed by atoms with Crippen LogP contribution in [0.3, 0.4) is 0 Å². The normalized spacial score (nSPS) is 11.8. The van der Waals surface area contributed by atoms with Crippen molar-refractivity contribution in [3.05, 3.63) is 69.3 Å². The van der Waals surface area contributed by atoms with Crippen LogP contribution in [0, 0.1) is 0 Å².